The van der Waals surface area contributed by atoms with Crippen LogP contribution in [0.15, 0.2) is 35.4 Å². The van der Waals surface area contributed by atoms with Crippen LogP contribution in [0, 0.1) is 22.7 Å². The number of nitriles is 2. The summed E-state index contributed by atoms with van der Waals surface area (Å²) in [6.45, 7) is 0. The fraction of sp³-hybridized carbons (Fsp3) is 0.0714. The number of rotatable bonds is 3. The van der Waals surface area contributed by atoms with Crippen LogP contribution in [-0.4, -0.2) is 4.98 Å². The van der Waals surface area contributed by atoms with Crippen LogP contribution in [0.2, 0.25) is 5.02 Å². The lowest BCUT2D eigenvalue weighted by Gasteiger charge is -2.06. The van der Waals surface area contributed by atoms with Gasteiger partial charge in [-0.3, -0.25) is 0 Å². The lowest BCUT2D eigenvalue weighted by atomic mass is 10.2. The van der Waals surface area contributed by atoms with E-state index in [0.717, 1.165) is 5.56 Å². The molecule has 0 bridgehead atoms. The summed E-state index contributed by atoms with van der Waals surface area (Å²) >= 11 is 7.44. The molecule has 0 saturated heterocycles. The summed E-state index contributed by atoms with van der Waals surface area (Å²) < 4.78 is 0. The van der Waals surface area contributed by atoms with E-state index in [0.29, 0.717) is 21.4 Å². The molecule has 2 N–H and O–H groups in total. The SMILES string of the molecule is N#Cc1cc(C#N)c(SCc2ccccc2Cl)nc1N. The first-order valence-corrected chi connectivity index (χ1v) is 6.99. The van der Waals surface area contributed by atoms with Crippen molar-refractivity contribution in [2.75, 3.05) is 5.73 Å². The van der Waals surface area contributed by atoms with Crippen molar-refractivity contribution in [1.82, 2.24) is 4.98 Å². The molecule has 1 aromatic carbocycles. The monoisotopic (exact) mass is 300 g/mol. The molecule has 0 radical (unpaired) electrons. The molecule has 2 rings (SSSR count). The van der Waals surface area contributed by atoms with Gasteiger partial charge in [0.2, 0.25) is 0 Å². The van der Waals surface area contributed by atoms with Crippen molar-refractivity contribution < 1.29 is 0 Å². The highest BCUT2D eigenvalue weighted by atomic mass is 35.5. The minimum absolute atomic E-state index is 0.133. The molecule has 0 aliphatic heterocycles. The Balaban J connectivity index is 2.27. The summed E-state index contributed by atoms with van der Waals surface area (Å²) in [5.41, 5.74) is 7.18. The van der Waals surface area contributed by atoms with E-state index in [1.807, 2.05) is 36.4 Å². The molecule has 0 unspecified atom stereocenters. The zero-order chi connectivity index (χ0) is 14.5. The Labute approximate surface area is 125 Å². The molecule has 6 heteroatoms. The van der Waals surface area contributed by atoms with E-state index >= 15 is 0 Å². The Hall–Kier alpha value is -2.21. The first kappa shape index (κ1) is 14.2. The van der Waals surface area contributed by atoms with E-state index in [1.165, 1.54) is 17.8 Å². The number of nitrogen functional groups attached to an aromatic ring is 1. The largest absolute Gasteiger partial charge is 0.383 e. The summed E-state index contributed by atoms with van der Waals surface area (Å²) in [6.07, 6.45) is 0. The van der Waals surface area contributed by atoms with Gasteiger partial charge in [-0.15, -0.1) is 11.8 Å². The predicted molar refractivity (Wildman–Crippen MR) is 79.1 cm³/mol. The third-order valence-electron chi connectivity index (χ3n) is 2.58. The maximum Gasteiger partial charge on any atom is 0.142 e. The molecular formula is C14H9ClN4S. The molecule has 1 aromatic heterocycles. The number of nitrogens with zero attached hydrogens (tertiary/aromatic N) is 3. The molecule has 2 aromatic rings. The normalized spacial score (nSPS) is 9.75. The van der Waals surface area contributed by atoms with Crippen molar-refractivity contribution in [1.29, 1.82) is 10.5 Å². The van der Waals surface area contributed by atoms with Crippen molar-refractivity contribution in [3.05, 3.63) is 52.0 Å². The number of halogens is 1. The van der Waals surface area contributed by atoms with E-state index in [-0.39, 0.29) is 11.4 Å². The maximum absolute atomic E-state index is 9.10. The van der Waals surface area contributed by atoms with Gasteiger partial charge in [-0.25, -0.2) is 4.98 Å². The second kappa shape index (κ2) is 6.29. The van der Waals surface area contributed by atoms with E-state index in [2.05, 4.69) is 4.98 Å². The highest BCUT2D eigenvalue weighted by molar-refractivity contribution is 7.98. The van der Waals surface area contributed by atoms with Gasteiger partial charge in [0, 0.05) is 10.8 Å². The topological polar surface area (TPSA) is 86.5 Å². The third kappa shape index (κ3) is 3.03. The zero-order valence-corrected chi connectivity index (χ0v) is 11.9. The quantitative estimate of drug-likeness (QED) is 0.878. The molecular weight excluding hydrogens is 292 g/mol. The van der Waals surface area contributed by atoms with E-state index in [4.69, 9.17) is 27.9 Å². The Morgan fingerprint density at radius 3 is 2.55 bits per heavy atom. The van der Waals surface area contributed by atoms with Crippen LogP contribution < -0.4 is 5.73 Å². The lowest BCUT2D eigenvalue weighted by Crippen LogP contribution is -1.99. The lowest BCUT2D eigenvalue weighted by molar-refractivity contribution is 1.11. The highest BCUT2D eigenvalue weighted by Crippen LogP contribution is 2.29. The average Bonchev–Trinajstić information content (AvgIpc) is 2.46. The van der Waals surface area contributed by atoms with Crippen molar-refractivity contribution in [2.24, 2.45) is 0 Å². The Kier molecular flexibility index (Phi) is 4.47. The number of pyridine rings is 1. The number of hydrogen-bond acceptors (Lipinski definition) is 5. The van der Waals surface area contributed by atoms with Crippen LogP contribution >= 0.6 is 23.4 Å². The standard InChI is InChI=1S/C14H9ClN4S/c15-12-4-2-1-3-9(12)8-20-14-11(7-17)5-10(6-16)13(18)19-14/h1-5H,8H2,(H2,18,19). The number of thioether (sulfide) groups is 1. The number of anilines is 1. The van der Waals surface area contributed by atoms with Gasteiger partial charge in [0.15, 0.2) is 0 Å². The molecule has 0 atom stereocenters. The second-order valence-electron chi connectivity index (χ2n) is 3.88. The van der Waals surface area contributed by atoms with E-state index in [9.17, 15) is 0 Å². The summed E-state index contributed by atoms with van der Waals surface area (Å²) in [4.78, 5) is 4.11. The van der Waals surface area contributed by atoms with Gasteiger partial charge in [0.1, 0.15) is 23.0 Å². The van der Waals surface area contributed by atoms with Crippen molar-refractivity contribution in [2.45, 2.75) is 10.8 Å². The van der Waals surface area contributed by atoms with Gasteiger partial charge in [-0.2, -0.15) is 10.5 Å². The molecule has 0 spiro atoms. The molecule has 1 heterocycles. The van der Waals surface area contributed by atoms with Crippen molar-refractivity contribution >= 4 is 29.2 Å². The number of benzene rings is 1. The number of hydrogen-bond donors (Lipinski definition) is 1. The smallest absolute Gasteiger partial charge is 0.142 e. The fourth-order valence-corrected chi connectivity index (χ4v) is 2.80. The highest BCUT2D eigenvalue weighted by Gasteiger charge is 2.11. The number of aromatic nitrogens is 1. The van der Waals surface area contributed by atoms with Gasteiger partial charge in [-0.05, 0) is 17.7 Å². The van der Waals surface area contributed by atoms with Crippen LogP contribution in [-0.2, 0) is 5.75 Å². The first-order chi connectivity index (χ1) is 9.65. The van der Waals surface area contributed by atoms with Gasteiger partial charge in [-0.1, -0.05) is 29.8 Å². The van der Waals surface area contributed by atoms with Gasteiger partial charge < -0.3 is 5.73 Å². The average molecular weight is 301 g/mol. The third-order valence-corrected chi connectivity index (χ3v) is 3.99. The van der Waals surface area contributed by atoms with Gasteiger partial charge in [0.25, 0.3) is 0 Å². The minimum atomic E-state index is 0.133. The number of nitrogens with two attached hydrogens (primary N) is 1. The minimum Gasteiger partial charge on any atom is -0.383 e. The maximum atomic E-state index is 9.10. The molecule has 0 amide bonds. The zero-order valence-electron chi connectivity index (χ0n) is 10.3. The summed E-state index contributed by atoms with van der Waals surface area (Å²) in [7, 11) is 0. The van der Waals surface area contributed by atoms with Crippen LogP contribution in [0.4, 0.5) is 5.82 Å². The molecule has 0 fully saturated rings. The summed E-state index contributed by atoms with van der Waals surface area (Å²) in [5, 5.41) is 19.1. The molecule has 20 heavy (non-hydrogen) atoms. The molecule has 98 valence electrons. The van der Waals surface area contributed by atoms with Gasteiger partial charge >= 0.3 is 0 Å². The van der Waals surface area contributed by atoms with E-state index < -0.39 is 0 Å². The molecule has 0 aliphatic rings. The van der Waals surface area contributed by atoms with Crippen LogP contribution in [0.5, 0.6) is 0 Å². The van der Waals surface area contributed by atoms with Gasteiger partial charge in [0.05, 0.1) is 11.1 Å². The van der Waals surface area contributed by atoms with Crippen LogP contribution in [0.3, 0.4) is 0 Å². The second-order valence-corrected chi connectivity index (χ2v) is 5.25. The Morgan fingerprint density at radius 1 is 1.20 bits per heavy atom. The molecule has 0 aliphatic carbocycles. The first-order valence-electron chi connectivity index (χ1n) is 5.62. The van der Waals surface area contributed by atoms with E-state index in [1.54, 1.807) is 0 Å². The van der Waals surface area contributed by atoms with Crippen LogP contribution in [0.25, 0.3) is 0 Å². The Morgan fingerprint density at radius 2 is 1.90 bits per heavy atom. The van der Waals surface area contributed by atoms with Crippen molar-refractivity contribution in [3.63, 3.8) is 0 Å². The van der Waals surface area contributed by atoms with Crippen LogP contribution in [0.1, 0.15) is 16.7 Å². The fourth-order valence-electron chi connectivity index (χ4n) is 1.55. The predicted octanol–water partition coefficient (Wildman–Crippen LogP) is 3.35. The molecule has 0 saturated carbocycles. The summed E-state index contributed by atoms with van der Waals surface area (Å²) in [5.74, 6) is 0.709. The summed E-state index contributed by atoms with van der Waals surface area (Å²) in [6, 6.07) is 12.9. The Bertz CT molecular complexity index is 731. The van der Waals surface area contributed by atoms with Crippen molar-refractivity contribution in [3.8, 4) is 12.1 Å². The molecule has 4 nitrogen and oxygen atoms in total.